The molecule has 136 valence electrons. The highest BCUT2D eigenvalue weighted by Crippen LogP contribution is 2.23. The van der Waals surface area contributed by atoms with Crippen LogP contribution in [0.5, 0.6) is 5.75 Å². The van der Waals surface area contributed by atoms with Gasteiger partial charge in [0.1, 0.15) is 12.3 Å². The van der Waals surface area contributed by atoms with E-state index in [2.05, 4.69) is 33.4 Å². The third-order valence-electron chi connectivity index (χ3n) is 4.55. The summed E-state index contributed by atoms with van der Waals surface area (Å²) in [5.74, 6) is 1.10. The van der Waals surface area contributed by atoms with Crippen molar-refractivity contribution in [2.24, 2.45) is 0 Å². The Morgan fingerprint density at radius 3 is 2.89 bits per heavy atom. The first kappa shape index (κ1) is 17.0. The Morgan fingerprint density at radius 2 is 2.07 bits per heavy atom. The van der Waals surface area contributed by atoms with E-state index in [0.29, 0.717) is 17.1 Å². The molecule has 0 spiro atoms. The lowest BCUT2D eigenvalue weighted by molar-refractivity contribution is 0.0963. The van der Waals surface area contributed by atoms with Crippen LogP contribution in [0.2, 0.25) is 0 Å². The number of ketones is 1. The maximum Gasteiger partial charge on any atom is 0.205 e. The Morgan fingerprint density at radius 1 is 1.22 bits per heavy atom. The van der Waals surface area contributed by atoms with Crippen molar-refractivity contribution in [2.45, 2.75) is 19.9 Å². The smallest absolute Gasteiger partial charge is 0.205 e. The van der Waals surface area contributed by atoms with E-state index in [-0.39, 0.29) is 12.3 Å². The minimum atomic E-state index is -0.0657. The molecule has 0 aliphatic rings. The van der Waals surface area contributed by atoms with Crippen LogP contribution in [0, 0.1) is 0 Å². The highest BCUT2D eigenvalue weighted by Gasteiger charge is 2.16. The molecule has 0 atom stereocenters. The van der Waals surface area contributed by atoms with E-state index in [1.807, 2.05) is 36.4 Å². The minimum Gasteiger partial charge on any atom is -0.497 e. The van der Waals surface area contributed by atoms with Crippen LogP contribution in [-0.2, 0) is 13.0 Å². The van der Waals surface area contributed by atoms with Gasteiger partial charge in [0, 0.05) is 28.2 Å². The Kier molecular flexibility index (Phi) is 4.42. The number of benzene rings is 2. The van der Waals surface area contributed by atoms with Crippen molar-refractivity contribution in [3.05, 3.63) is 59.8 Å². The lowest BCUT2D eigenvalue weighted by atomic mass is 10.1. The molecule has 0 unspecified atom stereocenters. The Bertz CT molecular complexity index is 1110. The van der Waals surface area contributed by atoms with Crippen LogP contribution in [0.1, 0.15) is 22.8 Å². The summed E-state index contributed by atoms with van der Waals surface area (Å²) in [5.41, 5.74) is 3.62. The normalized spacial score (nSPS) is 11.0. The first-order chi connectivity index (χ1) is 13.2. The number of carbonyl (C=O) groups excluding carboxylic acids is 1. The van der Waals surface area contributed by atoms with Crippen LogP contribution in [0.25, 0.3) is 22.3 Å². The molecule has 0 radical (unpaired) electrons. The maximum atomic E-state index is 12.8. The molecule has 0 saturated carbocycles. The van der Waals surface area contributed by atoms with Gasteiger partial charge in [-0.15, -0.1) is 10.2 Å². The summed E-state index contributed by atoms with van der Waals surface area (Å²) in [4.78, 5) is 17.3. The van der Waals surface area contributed by atoms with Crippen LogP contribution >= 0.6 is 0 Å². The quantitative estimate of drug-likeness (QED) is 0.533. The number of para-hydroxylation sites is 1. The van der Waals surface area contributed by atoms with Crippen LogP contribution < -0.4 is 4.74 Å². The number of methoxy groups -OCH3 is 1. The van der Waals surface area contributed by atoms with Crippen LogP contribution in [0.4, 0.5) is 0 Å². The first-order valence-electron chi connectivity index (χ1n) is 8.74. The number of aromatic nitrogens is 5. The van der Waals surface area contributed by atoms with Crippen molar-refractivity contribution in [2.75, 3.05) is 7.11 Å². The molecular formula is C20H19N5O2. The van der Waals surface area contributed by atoms with Gasteiger partial charge < -0.3 is 9.72 Å². The molecule has 1 N–H and O–H groups in total. The largest absolute Gasteiger partial charge is 0.497 e. The predicted octanol–water partition coefficient (Wildman–Crippen LogP) is 3.28. The van der Waals surface area contributed by atoms with Crippen LogP contribution in [0.15, 0.2) is 48.7 Å². The maximum absolute atomic E-state index is 12.8. The molecule has 0 saturated heterocycles. The van der Waals surface area contributed by atoms with Crippen molar-refractivity contribution in [3.63, 3.8) is 0 Å². The lowest BCUT2D eigenvalue weighted by Gasteiger charge is -2.01. The summed E-state index contributed by atoms with van der Waals surface area (Å²) >= 11 is 0. The van der Waals surface area contributed by atoms with Crippen molar-refractivity contribution in [1.29, 1.82) is 0 Å². The molecule has 0 amide bonds. The van der Waals surface area contributed by atoms with E-state index >= 15 is 0 Å². The molecule has 27 heavy (non-hydrogen) atoms. The summed E-state index contributed by atoms with van der Waals surface area (Å²) in [6.45, 7) is 2.12. The molecule has 0 aliphatic heterocycles. The average molecular weight is 361 g/mol. The second-order valence-corrected chi connectivity index (χ2v) is 6.19. The molecule has 2 aromatic heterocycles. The van der Waals surface area contributed by atoms with E-state index in [1.165, 1.54) is 10.4 Å². The fourth-order valence-corrected chi connectivity index (χ4v) is 3.14. The number of Topliss-reactive ketones (excluding diaryl/α,β-unsaturated/α-hetero) is 1. The number of carbonyl (C=O) groups is 1. The van der Waals surface area contributed by atoms with E-state index in [1.54, 1.807) is 13.3 Å². The van der Waals surface area contributed by atoms with Gasteiger partial charge in [0.05, 0.1) is 7.11 Å². The number of ether oxygens (including phenoxy) is 1. The number of aromatic amines is 1. The molecule has 0 aliphatic carbocycles. The zero-order valence-corrected chi connectivity index (χ0v) is 15.1. The molecule has 0 fully saturated rings. The number of nitrogens with zero attached hydrogens (tertiary/aromatic N) is 4. The van der Waals surface area contributed by atoms with Gasteiger partial charge in [-0.05, 0) is 29.3 Å². The zero-order chi connectivity index (χ0) is 18.8. The number of fused-ring (bicyclic) bond motifs is 1. The lowest BCUT2D eigenvalue weighted by Crippen LogP contribution is -2.13. The number of H-pyrrole nitrogens is 1. The molecule has 4 rings (SSSR count). The van der Waals surface area contributed by atoms with Crippen molar-refractivity contribution >= 4 is 16.7 Å². The van der Waals surface area contributed by atoms with Gasteiger partial charge in [-0.25, -0.2) is 0 Å². The number of aryl methyl sites for hydroxylation is 1. The van der Waals surface area contributed by atoms with E-state index in [9.17, 15) is 4.79 Å². The topological polar surface area (TPSA) is 85.7 Å². The molecule has 7 nitrogen and oxygen atoms in total. The highest BCUT2D eigenvalue weighted by molar-refractivity contribution is 6.08. The van der Waals surface area contributed by atoms with Crippen LogP contribution in [0.3, 0.4) is 0 Å². The fourth-order valence-electron chi connectivity index (χ4n) is 3.14. The number of hydrogen-bond donors (Lipinski definition) is 1. The van der Waals surface area contributed by atoms with Crippen molar-refractivity contribution in [3.8, 4) is 17.1 Å². The van der Waals surface area contributed by atoms with Gasteiger partial charge in [-0.3, -0.25) is 4.79 Å². The van der Waals surface area contributed by atoms with Gasteiger partial charge in [-0.1, -0.05) is 37.3 Å². The van der Waals surface area contributed by atoms with Gasteiger partial charge in [0.15, 0.2) is 5.78 Å². The van der Waals surface area contributed by atoms with Gasteiger partial charge in [-0.2, -0.15) is 4.80 Å². The number of nitrogens with one attached hydrogen (secondary N) is 1. The van der Waals surface area contributed by atoms with Crippen molar-refractivity contribution < 1.29 is 9.53 Å². The molecule has 4 aromatic rings. The number of hydrogen-bond acceptors (Lipinski definition) is 5. The second-order valence-electron chi connectivity index (χ2n) is 6.19. The summed E-state index contributed by atoms with van der Waals surface area (Å²) in [6, 6.07) is 13.4. The minimum absolute atomic E-state index is 0.0281. The summed E-state index contributed by atoms with van der Waals surface area (Å²) < 4.78 is 5.22. The summed E-state index contributed by atoms with van der Waals surface area (Å²) in [5, 5.41) is 13.3. The Balaban J connectivity index is 1.58. The van der Waals surface area contributed by atoms with E-state index < -0.39 is 0 Å². The molecule has 7 heteroatoms. The molecular weight excluding hydrogens is 342 g/mol. The first-order valence-corrected chi connectivity index (χ1v) is 8.74. The third kappa shape index (κ3) is 3.19. The number of tetrazole rings is 1. The molecule has 2 aromatic carbocycles. The standard InChI is InChI=1S/C20H19N5O2/c1-3-13-6-5-9-16-17(11-21-19(13)16)18(26)12-25-23-20(22-24-25)14-7-4-8-15(10-14)27-2/h4-11,21H,3,12H2,1-2H3. The molecule has 0 bridgehead atoms. The van der Waals surface area contributed by atoms with E-state index in [0.717, 1.165) is 22.9 Å². The predicted molar refractivity (Wildman–Crippen MR) is 102 cm³/mol. The second kappa shape index (κ2) is 7.03. The summed E-state index contributed by atoms with van der Waals surface area (Å²) in [6.07, 6.45) is 2.66. The Hall–Kier alpha value is -3.48. The van der Waals surface area contributed by atoms with Crippen LogP contribution in [-0.4, -0.2) is 38.1 Å². The monoisotopic (exact) mass is 361 g/mol. The molecule has 2 heterocycles. The third-order valence-corrected chi connectivity index (χ3v) is 4.55. The number of rotatable bonds is 6. The fraction of sp³-hybridized carbons (Fsp3) is 0.200. The highest BCUT2D eigenvalue weighted by atomic mass is 16.5. The van der Waals surface area contributed by atoms with E-state index in [4.69, 9.17) is 4.74 Å². The SMILES string of the molecule is CCc1cccc2c(C(=O)Cn3nnc(-c4cccc(OC)c4)n3)c[nH]c12. The average Bonchev–Trinajstić information content (AvgIpc) is 3.34. The summed E-state index contributed by atoms with van der Waals surface area (Å²) in [7, 11) is 1.60. The Labute approximate surface area is 156 Å². The van der Waals surface area contributed by atoms with Gasteiger partial charge in [0.2, 0.25) is 5.82 Å². The van der Waals surface area contributed by atoms with Gasteiger partial charge >= 0.3 is 0 Å². The zero-order valence-electron chi connectivity index (χ0n) is 15.1. The van der Waals surface area contributed by atoms with Crippen molar-refractivity contribution in [1.82, 2.24) is 25.2 Å². The van der Waals surface area contributed by atoms with Gasteiger partial charge in [0.25, 0.3) is 0 Å².